The lowest BCUT2D eigenvalue weighted by Gasteiger charge is -2.31. The van der Waals surface area contributed by atoms with E-state index in [0.29, 0.717) is 28.0 Å². The number of sulfone groups is 1. The number of aromatic nitrogens is 1. The zero-order valence-electron chi connectivity index (χ0n) is 24.5. The van der Waals surface area contributed by atoms with Crippen molar-refractivity contribution in [2.45, 2.75) is 35.8 Å². The zero-order chi connectivity index (χ0) is 32.3. The Morgan fingerprint density at radius 1 is 0.848 bits per heavy atom. The molecule has 1 saturated heterocycles. The van der Waals surface area contributed by atoms with Crippen LogP contribution >= 0.6 is 0 Å². The highest BCUT2D eigenvalue weighted by molar-refractivity contribution is 7.92. The van der Waals surface area contributed by atoms with Gasteiger partial charge in [0.25, 0.3) is 0 Å². The summed E-state index contributed by atoms with van der Waals surface area (Å²) < 4.78 is 79.4. The SMILES string of the molecule is O=C(OCc1ccccc1)N1CCC(S(=O)(=O)c2cccc(Oc3cccc(-c4ccnc5c(C(F)(F)F)cccc45)c3)c2)CC1. The molecule has 1 aromatic heterocycles. The van der Waals surface area contributed by atoms with Crippen LogP contribution in [-0.4, -0.2) is 42.7 Å². The van der Waals surface area contributed by atoms with Gasteiger partial charge in [-0.25, -0.2) is 13.2 Å². The van der Waals surface area contributed by atoms with Crippen LogP contribution in [0.25, 0.3) is 22.0 Å². The molecule has 236 valence electrons. The first-order valence-corrected chi connectivity index (χ1v) is 16.2. The van der Waals surface area contributed by atoms with Crippen molar-refractivity contribution in [3.63, 3.8) is 0 Å². The Morgan fingerprint density at radius 2 is 1.54 bits per heavy atom. The molecule has 11 heteroatoms. The third kappa shape index (κ3) is 6.69. The summed E-state index contributed by atoms with van der Waals surface area (Å²) in [6.45, 7) is 0.662. The summed E-state index contributed by atoms with van der Waals surface area (Å²) in [5.41, 5.74) is 1.07. The molecule has 5 aromatic rings. The minimum Gasteiger partial charge on any atom is -0.457 e. The van der Waals surface area contributed by atoms with Gasteiger partial charge in [0.05, 0.1) is 21.2 Å². The molecule has 1 aliphatic heterocycles. The number of alkyl halides is 3. The molecule has 0 radical (unpaired) electrons. The molecule has 0 N–H and O–H groups in total. The number of nitrogens with zero attached hydrogens (tertiary/aromatic N) is 2. The summed E-state index contributed by atoms with van der Waals surface area (Å²) >= 11 is 0. The van der Waals surface area contributed by atoms with Crippen LogP contribution in [-0.2, 0) is 27.4 Å². The third-order valence-electron chi connectivity index (χ3n) is 7.94. The molecule has 1 amide bonds. The first-order chi connectivity index (χ1) is 22.1. The van der Waals surface area contributed by atoms with Gasteiger partial charge in [-0.15, -0.1) is 0 Å². The third-order valence-corrected chi connectivity index (χ3v) is 10.2. The van der Waals surface area contributed by atoms with Crippen molar-refractivity contribution >= 4 is 26.8 Å². The van der Waals surface area contributed by atoms with Crippen LogP contribution in [0, 0.1) is 0 Å². The van der Waals surface area contributed by atoms with E-state index in [1.54, 1.807) is 48.5 Å². The number of para-hydroxylation sites is 1. The van der Waals surface area contributed by atoms with Gasteiger partial charge in [-0.1, -0.05) is 60.7 Å². The fourth-order valence-electron chi connectivity index (χ4n) is 5.59. The first kappa shape index (κ1) is 31.1. The standard InChI is InChI=1S/C35H29F3N2O5S/c36-35(37,38)32-14-6-13-31-30(15-18-39-33(31)32)25-9-4-10-26(21-25)45-27-11-5-12-29(22-27)46(42,43)28-16-19-40(20-17-28)34(41)44-23-24-7-2-1-3-8-24/h1-15,18,21-22,28H,16-17,19-20,23H2. The Bertz CT molecular complexity index is 1980. The molecule has 2 heterocycles. The Labute approximate surface area is 264 Å². The number of rotatable bonds is 7. The van der Waals surface area contributed by atoms with Crippen molar-refractivity contribution in [2.24, 2.45) is 0 Å². The van der Waals surface area contributed by atoms with E-state index in [9.17, 15) is 26.4 Å². The monoisotopic (exact) mass is 646 g/mol. The van der Waals surface area contributed by atoms with E-state index >= 15 is 0 Å². The predicted octanol–water partition coefficient (Wildman–Crippen LogP) is 8.29. The first-order valence-electron chi connectivity index (χ1n) is 14.6. The lowest BCUT2D eigenvalue weighted by Crippen LogP contribution is -2.42. The summed E-state index contributed by atoms with van der Waals surface area (Å²) in [5, 5.41) is -0.330. The highest BCUT2D eigenvalue weighted by Gasteiger charge is 2.34. The number of amides is 1. The van der Waals surface area contributed by atoms with E-state index in [1.165, 1.54) is 29.3 Å². The molecular weight excluding hydrogens is 617 g/mol. The maximum Gasteiger partial charge on any atom is 0.418 e. The largest absolute Gasteiger partial charge is 0.457 e. The van der Waals surface area contributed by atoms with E-state index in [-0.39, 0.29) is 43.0 Å². The highest BCUT2D eigenvalue weighted by Crippen LogP contribution is 2.38. The number of hydrogen-bond donors (Lipinski definition) is 0. The van der Waals surface area contributed by atoms with Crippen molar-refractivity contribution in [1.82, 2.24) is 9.88 Å². The molecule has 1 aliphatic rings. The summed E-state index contributed by atoms with van der Waals surface area (Å²) in [7, 11) is -3.73. The van der Waals surface area contributed by atoms with Gasteiger partial charge in [-0.2, -0.15) is 13.2 Å². The van der Waals surface area contributed by atoms with Crippen LogP contribution in [0.15, 0.2) is 114 Å². The number of pyridine rings is 1. The second-order valence-corrected chi connectivity index (χ2v) is 13.2. The predicted molar refractivity (Wildman–Crippen MR) is 167 cm³/mol. The van der Waals surface area contributed by atoms with E-state index < -0.39 is 32.9 Å². The summed E-state index contributed by atoms with van der Waals surface area (Å²) in [4.78, 5) is 18.2. The lowest BCUT2D eigenvalue weighted by molar-refractivity contribution is -0.136. The van der Waals surface area contributed by atoms with Crippen molar-refractivity contribution in [3.05, 3.63) is 120 Å². The fraction of sp³-hybridized carbons (Fsp3) is 0.200. The highest BCUT2D eigenvalue weighted by atomic mass is 32.2. The van der Waals surface area contributed by atoms with Crippen LogP contribution < -0.4 is 4.74 Å². The van der Waals surface area contributed by atoms with Gasteiger partial charge in [-0.05, 0) is 72.0 Å². The average Bonchev–Trinajstić information content (AvgIpc) is 3.07. The normalized spacial score (nSPS) is 14.3. The summed E-state index contributed by atoms with van der Waals surface area (Å²) in [6, 6.07) is 27.9. The fourth-order valence-corrected chi connectivity index (χ4v) is 7.35. The molecule has 0 atom stereocenters. The minimum absolute atomic E-state index is 0.103. The summed E-state index contributed by atoms with van der Waals surface area (Å²) in [6.07, 6.45) is -3.14. The molecule has 4 aromatic carbocycles. The number of halogens is 3. The molecule has 6 rings (SSSR count). The van der Waals surface area contributed by atoms with Crippen LogP contribution in [0.1, 0.15) is 24.0 Å². The molecule has 0 aliphatic carbocycles. The number of piperidine rings is 1. The molecular formula is C35H29F3N2O5S. The van der Waals surface area contributed by atoms with Gasteiger partial charge in [0.15, 0.2) is 9.84 Å². The van der Waals surface area contributed by atoms with Crippen LogP contribution in [0.2, 0.25) is 0 Å². The smallest absolute Gasteiger partial charge is 0.418 e. The van der Waals surface area contributed by atoms with Crippen molar-refractivity contribution in [2.75, 3.05) is 13.1 Å². The number of ether oxygens (including phenoxy) is 2. The average molecular weight is 647 g/mol. The van der Waals surface area contributed by atoms with Gasteiger partial charge in [-0.3, -0.25) is 4.98 Å². The molecule has 0 unspecified atom stereocenters. The number of likely N-dealkylation sites (tertiary alicyclic amines) is 1. The zero-order valence-corrected chi connectivity index (χ0v) is 25.3. The van der Waals surface area contributed by atoms with Crippen LogP contribution in [0.3, 0.4) is 0 Å². The Hall–Kier alpha value is -4.90. The van der Waals surface area contributed by atoms with Gasteiger partial charge in [0.2, 0.25) is 0 Å². The van der Waals surface area contributed by atoms with Gasteiger partial charge in [0, 0.05) is 24.7 Å². The number of fused-ring (bicyclic) bond motifs is 1. The minimum atomic E-state index is -4.55. The number of carbonyl (C=O) groups is 1. The number of carbonyl (C=O) groups excluding carboxylic acids is 1. The quantitative estimate of drug-likeness (QED) is 0.177. The van der Waals surface area contributed by atoms with Crippen LogP contribution in [0.4, 0.5) is 18.0 Å². The maximum absolute atomic E-state index is 13.6. The van der Waals surface area contributed by atoms with E-state index in [4.69, 9.17) is 9.47 Å². The maximum atomic E-state index is 13.6. The van der Waals surface area contributed by atoms with Crippen LogP contribution in [0.5, 0.6) is 11.5 Å². The number of hydrogen-bond acceptors (Lipinski definition) is 6. The molecule has 1 fully saturated rings. The topological polar surface area (TPSA) is 85.8 Å². The van der Waals surface area contributed by atoms with Crippen molar-refractivity contribution < 1.29 is 35.9 Å². The van der Waals surface area contributed by atoms with Crippen molar-refractivity contribution in [3.8, 4) is 22.6 Å². The van der Waals surface area contributed by atoms with E-state index in [2.05, 4.69) is 4.98 Å². The molecule has 0 spiro atoms. The molecule has 0 saturated carbocycles. The molecule has 0 bridgehead atoms. The summed E-state index contributed by atoms with van der Waals surface area (Å²) in [5.74, 6) is 0.672. The van der Waals surface area contributed by atoms with E-state index in [0.717, 1.165) is 11.6 Å². The van der Waals surface area contributed by atoms with E-state index in [1.807, 2.05) is 30.3 Å². The second-order valence-electron chi connectivity index (χ2n) is 10.9. The Balaban J connectivity index is 1.14. The number of benzene rings is 4. The second kappa shape index (κ2) is 12.8. The Kier molecular flexibility index (Phi) is 8.68. The van der Waals surface area contributed by atoms with Gasteiger partial charge < -0.3 is 14.4 Å². The van der Waals surface area contributed by atoms with Crippen molar-refractivity contribution in [1.29, 1.82) is 0 Å². The lowest BCUT2D eigenvalue weighted by atomic mass is 9.99. The van der Waals surface area contributed by atoms with Gasteiger partial charge >= 0.3 is 12.3 Å². The van der Waals surface area contributed by atoms with Gasteiger partial charge in [0.1, 0.15) is 18.1 Å². The molecule has 46 heavy (non-hydrogen) atoms. The molecule has 7 nitrogen and oxygen atoms in total. The Morgan fingerprint density at radius 3 is 2.28 bits per heavy atom.